The summed E-state index contributed by atoms with van der Waals surface area (Å²) in [6, 6.07) is 0. The van der Waals surface area contributed by atoms with E-state index in [4.69, 9.17) is 0 Å². The lowest BCUT2D eigenvalue weighted by atomic mass is 10.5. The molecule has 2 nitrogen and oxygen atoms in total. The van der Waals surface area contributed by atoms with E-state index in [1.54, 1.807) is 0 Å². The van der Waals surface area contributed by atoms with Gasteiger partial charge in [0, 0.05) is 17.1 Å². The van der Waals surface area contributed by atoms with Gasteiger partial charge in [0.2, 0.25) is 0 Å². The highest BCUT2D eigenvalue weighted by Crippen LogP contribution is 1.90. The second kappa shape index (κ2) is 6.31. The quantitative estimate of drug-likeness (QED) is 0.559. The van der Waals surface area contributed by atoms with Crippen molar-refractivity contribution < 1.29 is 4.21 Å². The van der Waals surface area contributed by atoms with E-state index in [-0.39, 0.29) is 5.25 Å². The molecule has 0 aliphatic rings. The number of alkyl halides is 1. The second-order valence-electron chi connectivity index (χ2n) is 2.28. The molecule has 1 unspecified atom stereocenters. The summed E-state index contributed by atoms with van der Waals surface area (Å²) >= 11 is 3.30. The van der Waals surface area contributed by atoms with Gasteiger partial charge in [0.25, 0.3) is 0 Å². The molecule has 0 saturated carbocycles. The molecule has 0 spiro atoms. The van der Waals surface area contributed by atoms with Crippen LogP contribution in [0.25, 0.3) is 0 Å². The van der Waals surface area contributed by atoms with E-state index < -0.39 is 11.0 Å². The van der Waals surface area contributed by atoms with Crippen LogP contribution < -0.4 is 4.72 Å². The van der Waals surface area contributed by atoms with Crippen molar-refractivity contribution >= 4 is 26.9 Å². The van der Waals surface area contributed by atoms with E-state index in [9.17, 15) is 4.21 Å². The Bertz CT molecular complexity index is 108. The molecule has 62 valence electrons. The van der Waals surface area contributed by atoms with E-state index in [2.05, 4.69) is 20.7 Å². The maximum absolute atomic E-state index is 11.0. The van der Waals surface area contributed by atoms with E-state index in [1.807, 2.05) is 13.8 Å². The number of rotatable bonds is 5. The lowest BCUT2D eigenvalue weighted by Crippen LogP contribution is -2.25. The molecule has 0 bridgehead atoms. The normalized spacial score (nSPS) is 14.0. The van der Waals surface area contributed by atoms with Crippen LogP contribution in [0.3, 0.4) is 0 Å². The number of nitrogens with one attached hydrogen (secondary N) is 1. The third kappa shape index (κ3) is 5.38. The number of halogens is 1. The zero-order valence-corrected chi connectivity index (χ0v) is 8.80. The van der Waals surface area contributed by atoms with Crippen LogP contribution in [0.2, 0.25) is 0 Å². The average Bonchev–Trinajstić information content (AvgIpc) is 1.88. The molecule has 0 amide bonds. The summed E-state index contributed by atoms with van der Waals surface area (Å²) in [6.07, 6.45) is 1.03. The number of hydrogen-bond acceptors (Lipinski definition) is 1. The zero-order valence-electron chi connectivity index (χ0n) is 6.39. The van der Waals surface area contributed by atoms with E-state index in [0.29, 0.717) is 0 Å². The topological polar surface area (TPSA) is 29.1 Å². The van der Waals surface area contributed by atoms with E-state index >= 15 is 0 Å². The Morgan fingerprint density at radius 2 is 2.20 bits per heavy atom. The molecule has 0 aromatic heterocycles. The molecule has 0 rings (SSSR count). The maximum atomic E-state index is 11.0. The monoisotopic (exact) mass is 227 g/mol. The average molecular weight is 228 g/mol. The van der Waals surface area contributed by atoms with Gasteiger partial charge in [-0.15, -0.1) is 0 Å². The minimum Gasteiger partial charge on any atom is -0.243 e. The molecule has 0 aliphatic carbocycles. The van der Waals surface area contributed by atoms with Gasteiger partial charge in [-0.1, -0.05) is 15.9 Å². The first-order valence-corrected chi connectivity index (χ1v) is 5.72. The Morgan fingerprint density at radius 1 is 1.60 bits per heavy atom. The fourth-order valence-corrected chi connectivity index (χ4v) is 1.37. The van der Waals surface area contributed by atoms with Gasteiger partial charge >= 0.3 is 0 Å². The predicted octanol–water partition coefficient (Wildman–Crippen LogP) is 1.43. The van der Waals surface area contributed by atoms with Gasteiger partial charge in [0.15, 0.2) is 0 Å². The van der Waals surface area contributed by atoms with Crippen LogP contribution in [0.4, 0.5) is 0 Å². The van der Waals surface area contributed by atoms with Gasteiger partial charge in [-0.3, -0.25) is 0 Å². The molecule has 0 aliphatic heterocycles. The van der Waals surface area contributed by atoms with E-state index in [1.165, 1.54) is 0 Å². The second-order valence-corrected chi connectivity index (χ2v) is 4.90. The van der Waals surface area contributed by atoms with Gasteiger partial charge in [-0.25, -0.2) is 8.93 Å². The first kappa shape index (κ1) is 10.6. The minimum atomic E-state index is -0.844. The van der Waals surface area contributed by atoms with Crippen LogP contribution in [0.5, 0.6) is 0 Å². The van der Waals surface area contributed by atoms with Gasteiger partial charge in [0.05, 0.1) is 11.0 Å². The van der Waals surface area contributed by atoms with E-state index in [0.717, 1.165) is 18.3 Å². The van der Waals surface area contributed by atoms with Crippen molar-refractivity contribution in [3.8, 4) is 0 Å². The highest BCUT2D eigenvalue weighted by molar-refractivity contribution is 9.09. The summed E-state index contributed by atoms with van der Waals surface area (Å²) in [4.78, 5) is 0. The molecular formula is C6H14BrNOS. The molecular weight excluding hydrogens is 214 g/mol. The van der Waals surface area contributed by atoms with Crippen molar-refractivity contribution in [2.75, 3.05) is 11.9 Å². The first-order valence-electron chi connectivity index (χ1n) is 3.38. The van der Waals surface area contributed by atoms with Crippen molar-refractivity contribution in [2.24, 2.45) is 0 Å². The fraction of sp³-hybridized carbons (Fsp3) is 1.00. The molecule has 0 aromatic rings. The molecule has 4 heteroatoms. The summed E-state index contributed by atoms with van der Waals surface area (Å²) in [6.45, 7) is 4.71. The third-order valence-corrected chi connectivity index (χ3v) is 2.89. The van der Waals surface area contributed by atoms with Gasteiger partial charge < -0.3 is 0 Å². The SMILES string of the molecule is CC(C)S(=O)NCCCBr. The molecule has 0 fully saturated rings. The molecule has 1 atom stereocenters. The molecule has 10 heavy (non-hydrogen) atoms. The van der Waals surface area contributed by atoms with Crippen molar-refractivity contribution in [1.29, 1.82) is 0 Å². The molecule has 0 radical (unpaired) electrons. The Labute approximate surface area is 73.5 Å². The zero-order chi connectivity index (χ0) is 7.98. The highest BCUT2D eigenvalue weighted by atomic mass is 79.9. The molecule has 0 aromatic carbocycles. The largest absolute Gasteiger partial charge is 0.243 e. The summed E-state index contributed by atoms with van der Waals surface area (Å²) < 4.78 is 13.9. The van der Waals surface area contributed by atoms with Crippen molar-refractivity contribution in [3.05, 3.63) is 0 Å². The summed E-state index contributed by atoms with van der Waals surface area (Å²) in [5.74, 6) is 0. The van der Waals surface area contributed by atoms with Crippen LogP contribution in [-0.2, 0) is 11.0 Å². The first-order chi connectivity index (χ1) is 4.68. The summed E-state index contributed by atoms with van der Waals surface area (Å²) in [7, 11) is -0.844. The Morgan fingerprint density at radius 3 is 2.60 bits per heavy atom. The molecule has 0 heterocycles. The molecule has 0 saturated heterocycles. The maximum Gasteiger partial charge on any atom is 0.0941 e. The van der Waals surface area contributed by atoms with Crippen molar-refractivity contribution in [3.63, 3.8) is 0 Å². The Balaban J connectivity index is 3.22. The standard InChI is InChI=1S/C6H14BrNOS/c1-6(2)10(9)8-5-3-4-7/h6,8H,3-5H2,1-2H3. The van der Waals surface area contributed by atoms with Gasteiger partial charge in [-0.05, 0) is 20.3 Å². The highest BCUT2D eigenvalue weighted by Gasteiger charge is 2.01. The molecule has 1 N–H and O–H groups in total. The van der Waals surface area contributed by atoms with Crippen LogP contribution in [-0.4, -0.2) is 21.3 Å². The summed E-state index contributed by atoms with van der Waals surface area (Å²) in [5, 5.41) is 1.19. The predicted molar refractivity (Wildman–Crippen MR) is 49.7 cm³/mol. The lowest BCUT2D eigenvalue weighted by Gasteiger charge is -2.05. The minimum absolute atomic E-state index is 0.218. The van der Waals surface area contributed by atoms with Crippen LogP contribution >= 0.6 is 15.9 Å². The Kier molecular flexibility index (Phi) is 6.68. The lowest BCUT2D eigenvalue weighted by molar-refractivity contribution is 0.663. The number of hydrogen-bond donors (Lipinski definition) is 1. The summed E-state index contributed by atoms with van der Waals surface area (Å²) in [5.41, 5.74) is 0. The van der Waals surface area contributed by atoms with Crippen molar-refractivity contribution in [1.82, 2.24) is 4.72 Å². The van der Waals surface area contributed by atoms with Gasteiger partial charge in [-0.2, -0.15) is 0 Å². The van der Waals surface area contributed by atoms with Crippen LogP contribution in [0.15, 0.2) is 0 Å². The third-order valence-electron chi connectivity index (χ3n) is 0.983. The smallest absolute Gasteiger partial charge is 0.0941 e. The van der Waals surface area contributed by atoms with Gasteiger partial charge in [0.1, 0.15) is 0 Å². The van der Waals surface area contributed by atoms with Crippen molar-refractivity contribution in [2.45, 2.75) is 25.5 Å². The van der Waals surface area contributed by atoms with Crippen LogP contribution in [0.1, 0.15) is 20.3 Å². The Hall–Kier alpha value is 0.590. The fourth-order valence-electron chi connectivity index (χ4n) is 0.406. The van der Waals surface area contributed by atoms with Crippen LogP contribution in [0, 0.1) is 0 Å².